The highest BCUT2D eigenvalue weighted by atomic mass is 19.4. The number of hydrogen-bond donors (Lipinski definition) is 1. The zero-order valence-corrected chi connectivity index (χ0v) is 15.2. The molecule has 1 aliphatic rings. The maximum Gasteiger partial charge on any atom is 0.430 e. The minimum atomic E-state index is -5.19. The van der Waals surface area contributed by atoms with Crippen LogP contribution >= 0.6 is 0 Å². The number of aliphatic carboxylic acids is 1. The second-order valence-corrected chi connectivity index (χ2v) is 6.96. The van der Waals surface area contributed by atoms with E-state index in [1.165, 1.54) is 32.1 Å². The molecule has 0 atom stereocenters. The van der Waals surface area contributed by atoms with Gasteiger partial charge in [0, 0.05) is 19.3 Å². The largest absolute Gasteiger partial charge is 0.542 e. The molecule has 1 aromatic carbocycles. The lowest BCUT2D eigenvalue weighted by atomic mass is 9.95. The number of rotatable bonds is 2. The van der Waals surface area contributed by atoms with Crippen LogP contribution in [-0.4, -0.2) is 22.8 Å². The maximum absolute atomic E-state index is 12.7. The molecule has 1 aliphatic carbocycles. The smallest absolute Gasteiger partial charge is 0.430 e. The Morgan fingerprint density at radius 1 is 1.29 bits per heavy atom. The summed E-state index contributed by atoms with van der Waals surface area (Å²) in [5.41, 5.74) is 2.65. The lowest BCUT2D eigenvalue weighted by Gasteiger charge is -2.23. The number of carboxylic acids is 1. The number of hydrogen-bond acceptors (Lipinski definition) is 4. The third kappa shape index (κ3) is 4.02. The Hall–Kier alpha value is -2.84. The van der Waals surface area contributed by atoms with E-state index >= 15 is 0 Å². The number of nitrogens with one attached hydrogen (secondary N) is 2. The van der Waals surface area contributed by atoms with Crippen molar-refractivity contribution in [2.24, 2.45) is 7.05 Å². The Labute approximate surface area is 158 Å². The highest BCUT2D eigenvalue weighted by Crippen LogP contribution is 2.26. The highest BCUT2D eigenvalue weighted by Gasteiger charge is 2.28. The van der Waals surface area contributed by atoms with Gasteiger partial charge in [-0.15, -0.1) is 0 Å². The van der Waals surface area contributed by atoms with Crippen molar-refractivity contribution in [3.63, 3.8) is 0 Å². The molecular weight excluding hydrogens is 375 g/mol. The fraction of sp³-hybridized carbons (Fsp3) is 0.421. The van der Waals surface area contributed by atoms with Gasteiger partial charge in [-0.1, -0.05) is 19.3 Å². The number of pyridine rings is 1. The van der Waals surface area contributed by atoms with Crippen LogP contribution in [0.3, 0.4) is 0 Å². The van der Waals surface area contributed by atoms with Gasteiger partial charge in [-0.2, -0.15) is 13.2 Å². The molecule has 3 aromatic rings. The highest BCUT2D eigenvalue weighted by molar-refractivity contribution is 6.07. The second kappa shape index (κ2) is 7.65. The van der Waals surface area contributed by atoms with E-state index in [0.29, 0.717) is 6.04 Å². The molecule has 2 heterocycles. The molecular formula is C19H20F3N3O3. The van der Waals surface area contributed by atoms with Crippen LogP contribution in [0.2, 0.25) is 0 Å². The zero-order valence-electron chi connectivity index (χ0n) is 15.2. The molecule has 6 nitrogen and oxygen atoms in total. The van der Waals surface area contributed by atoms with Gasteiger partial charge in [0.2, 0.25) is 0 Å². The summed E-state index contributed by atoms with van der Waals surface area (Å²) < 4.78 is 33.6. The summed E-state index contributed by atoms with van der Waals surface area (Å²) in [6.07, 6.45) is 4.94. The molecule has 2 aromatic heterocycles. The molecule has 1 saturated carbocycles. The number of benzene rings is 1. The van der Waals surface area contributed by atoms with Crippen LogP contribution < -0.4 is 20.8 Å². The van der Waals surface area contributed by atoms with Crippen molar-refractivity contribution >= 4 is 33.5 Å². The van der Waals surface area contributed by atoms with E-state index in [2.05, 4.69) is 14.9 Å². The number of halogens is 3. The standard InChI is InChI=1S/C17H19N3O.C2HF3O2/c1-20-8-7-11-10-18-16-15(11)14(20)9-13(17(16)21)19-12-5-3-2-4-6-12;3-2(4,5)1(6)7/h7-10,12,19H,2-6H2,1H3;(H,6,7). The van der Waals surface area contributed by atoms with Gasteiger partial charge in [0.05, 0.1) is 22.0 Å². The van der Waals surface area contributed by atoms with Crippen LogP contribution in [0, 0.1) is 0 Å². The van der Waals surface area contributed by atoms with Crippen LogP contribution in [0.25, 0.3) is 21.8 Å². The van der Waals surface area contributed by atoms with Crippen molar-refractivity contribution in [1.29, 1.82) is 0 Å². The molecule has 0 amide bonds. The van der Waals surface area contributed by atoms with Crippen molar-refractivity contribution in [2.75, 3.05) is 5.32 Å². The Balaban J connectivity index is 0.000000279. The monoisotopic (exact) mass is 395 g/mol. The van der Waals surface area contributed by atoms with E-state index in [1.807, 2.05) is 31.6 Å². The molecule has 0 spiro atoms. The van der Waals surface area contributed by atoms with Crippen LogP contribution in [0.4, 0.5) is 18.9 Å². The Kier molecular flexibility index (Phi) is 5.44. The molecule has 0 unspecified atom stereocenters. The van der Waals surface area contributed by atoms with Gasteiger partial charge < -0.3 is 19.8 Å². The van der Waals surface area contributed by atoms with E-state index in [0.717, 1.165) is 27.5 Å². The first-order chi connectivity index (χ1) is 13.2. The molecule has 1 fully saturated rings. The molecule has 2 N–H and O–H groups in total. The maximum atomic E-state index is 12.7. The van der Waals surface area contributed by atoms with Gasteiger partial charge in [0.1, 0.15) is 5.97 Å². The summed E-state index contributed by atoms with van der Waals surface area (Å²) >= 11 is 0. The number of alkyl halides is 3. The van der Waals surface area contributed by atoms with E-state index in [-0.39, 0.29) is 5.43 Å². The van der Waals surface area contributed by atoms with E-state index < -0.39 is 12.1 Å². The van der Waals surface area contributed by atoms with Crippen molar-refractivity contribution in [3.8, 4) is 0 Å². The number of aromatic amines is 1. The van der Waals surface area contributed by atoms with Crippen LogP contribution in [0.15, 0.2) is 29.3 Å². The summed E-state index contributed by atoms with van der Waals surface area (Å²) in [6.45, 7) is 0. The van der Waals surface area contributed by atoms with Gasteiger partial charge in [-0.3, -0.25) is 4.79 Å². The Morgan fingerprint density at radius 3 is 2.54 bits per heavy atom. The minimum Gasteiger partial charge on any atom is -0.542 e. The fourth-order valence-corrected chi connectivity index (χ4v) is 3.56. The van der Waals surface area contributed by atoms with Crippen molar-refractivity contribution in [2.45, 2.75) is 44.3 Å². The number of H-pyrrole nitrogens is 1. The normalized spacial score (nSPS) is 15.4. The van der Waals surface area contributed by atoms with E-state index in [9.17, 15) is 18.0 Å². The number of aromatic nitrogens is 2. The first-order valence-corrected chi connectivity index (χ1v) is 8.99. The van der Waals surface area contributed by atoms with Crippen LogP contribution in [0.1, 0.15) is 32.1 Å². The van der Waals surface area contributed by atoms with Gasteiger partial charge in [-0.25, -0.2) is 4.98 Å². The molecule has 0 aliphatic heterocycles. The number of nitrogens with zero attached hydrogens (tertiary/aromatic N) is 1. The van der Waals surface area contributed by atoms with Crippen molar-refractivity contribution in [1.82, 2.24) is 4.57 Å². The third-order valence-corrected chi connectivity index (χ3v) is 4.97. The van der Waals surface area contributed by atoms with Gasteiger partial charge in [0.25, 0.3) is 10.9 Å². The number of anilines is 1. The second-order valence-electron chi connectivity index (χ2n) is 6.96. The zero-order chi connectivity index (χ0) is 20.5. The number of carbonyl (C=O) groups excluding carboxylic acids is 1. The fourth-order valence-electron chi connectivity index (χ4n) is 3.56. The topological polar surface area (TPSA) is 88.3 Å². The lowest BCUT2D eigenvalue weighted by Crippen LogP contribution is -2.37. The predicted octanol–water partition coefficient (Wildman–Crippen LogP) is 1.99. The average Bonchev–Trinajstić information content (AvgIpc) is 3.07. The van der Waals surface area contributed by atoms with Gasteiger partial charge in [-0.05, 0) is 25.0 Å². The molecule has 150 valence electrons. The molecule has 0 radical (unpaired) electrons. The van der Waals surface area contributed by atoms with Crippen LogP contribution in [0.5, 0.6) is 0 Å². The summed E-state index contributed by atoms with van der Waals surface area (Å²) in [7, 11) is 2.02. The lowest BCUT2D eigenvalue weighted by molar-refractivity contribution is -0.344. The third-order valence-electron chi connectivity index (χ3n) is 4.97. The summed E-state index contributed by atoms with van der Waals surface area (Å²) in [5.74, 6) is -3.01. The van der Waals surface area contributed by atoms with Crippen molar-refractivity contribution in [3.05, 3.63) is 34.7 Å². The molecule has 9 heteroatoms. The Morgan fingerprint density at radius 2 is 1.93 bits per heavy atom. The first-order valence-electron chi connectivity index (χ1n) is 8.99. The van der Waals surface area contributed by atoms with Crippen LogP contribution in [-0.2, 0) is 11.8 Å². The van der Waals surface area contributed by atoms with Gasteiger partial charge in [0.15, 0.2) is 6.20 Å². The Bertz CT molecular complexity index is 1040. The quantitative estimate of drug-likeness (QED) is 0.719. The molecule has 28 heavy (non-hydrogen) atoms. The summed E-state index contributed by atoms with van der Waals surface area (Å²) in [4.78, 5) is 24.6. The summed E-state index contributed by atoms with van der Waals surface area (Å²) in [5, 5.41) is 14.4. The SMILES string of the molecule is Cn1ccc2c[nH+]c3c(=O)c(NC4CCCCC4)cc1c23.O=C([O-])C(F)(F)F. The van der Waals surface area contributed by atoms with E-state index in [1.54, 1.807) is 0 Å². The first kappa shape index (κ1) is 19.9. The summed E-state index contributed by atoms with van der Waals surface area (Å²) in [6, 6.07) is 4.49. The average molecular weight is 395 g/mol. The molecule has 0 saturated heterocycles. The molecule has 4 rings (SSSR count). The number of carbonyl (C=O) groups is 1. The van der Waals surface area contributed by atoms with Gasteiger partial charge >= 0.3 is 6.18 Å². The number of aryl methyl sites for hydroxylation is 1. The molecule has 0 bridgehead atoms. The number of carboxylic acid groups (broad SMARTS) is 1. The van der Waals surface area contributed by atoms with E-state index in [4.69, 9.17) is 9.90 Å². The van der Waals surface area contributed by atoms with Crippen molar-refractivity contribution < 1.29 is 28.1 Å². The minimum absolute atomic E-state index is 0.0919. The predicted molar refractivity (Wildman–Crippen MR) is 96.0 cm³/mol.